The van der Waals surface area contributed by atoms with E-state index in [0.29, 0.717) is 5.52 Å². The largest absolute Gasteiger partial charge is 0.478 e. The number of aromatic carboxylic acids is 1. The van der Waals surface area contributed by atoms with Crippen LogP contribution in [0.2, 0.25) is 0 Å². The highest BCUT2D eigenvalue weighted by Gasteiger charge is 2.15. The molecule has 0 bridgehead atoms. The number of hydrogen-bond donors (Lipinski definition) is 1. The third-order valence-corrected chi connectivity index (χ3v) is 2.86. The lowest BCUT2D eigenvalue weighted by Crippen LogP contribution is -1.99. The first-order chi connectivity index (χ1) is 9.58. The van der Waals surface area contributed by atoms with E-state index < -0.39 is 17.6 Å². The maximum atomic E-state index is 13.2. The molecule has 1 aromatic heterocycles. The number of benzene rings is 2. The van der Waals surface area contributed by atoms with Crippen molar-refractivity contribution in [1.82, 2.24) is 15.0 Å². The highest BCUT2D eigenvalue weighted by molar-refractivity contribution is 6.00. The van der Waals surface area contributed by atoms with Crippen LogP contribution in [0.5, 0.6) is 0 Å². The number of halogens is 2. The predicted molar refractivity (Wildman–Crippen MR) is 65.7 cm³/mol. The first-order valence-electron chi connectivity index (χ1n) is 5.61. The molecule has 0 fully saturated rings. The van der Waals surface area contributed by atoms with Gasteiger partial charge >= 0.3 is 5.97 Å². The molecule has 20 heavy (non-hydrogen) atoms. The molecule has 0 aliphatic rings. The van der Waals surface area contributed by atoms with Gasteiger partial charge in [0.05, 0.1) is 16.8 Å². The number of aromatic nitrogens is 3. The minimum absolute atomic E-state index is 0.00339. The lowest BCUT2D eigenvalue weighted by molar-refractivity contribution is 0.0699. The van der Waals surface area contributed by atoms with Crippen molar-refractivity contribution in [2.24, 2.45) is 0 Å². The van der Waals surface area contributed by atoms with Crippen molar-refractivity contribution in [3.8, 4) is 5.69 Å². The van der Waals surface area contributed by atoms with Crippen molar-refractivity contribution in [2.45, 2.75) is 0 Å². The molecule has 2 aromatic carbocycles. The van der Waals surface area contributed by atoms with Crippen LogP contribution in [0.1, 0.15) is 10.4 Å². The third-order valence-electron chi connectivity index (χ3n) is 2.86. The molecular formula is C13H7F2N3O2. The predicted octanol–water partition coefficient (Wildman–Crippen LogP) is 2.40. The van der Waals surface area contributed by atoms with Gasteiger partial charge in [0.2, 0.25) is 0 Å². The average molecular weight is 275 g/mol. The van der Waals surface area contributed by atoms with E-state index in [1.807, 2.05) is 0 Å². The number of carboxylic acids is 1. The van der Waals surface area contributed by atoms with Crippen molar-refractivity contribution < 1.29 is 18.7 Å². The van der Waals surface area contributed by atoms with Gasteiger partial charge in [-0.25, -0.2) is 18.3 Å². The lowest BCUT2D eigenvalue weighted by atomic mass is 10.2. The zero-order valence-corrected chi connectivity index (χ0v) is 9.92. The Morgan fingerprint density at radius 2 is 1.95 bits per heavy atom. The van der Waals surface area contributed by atoms with Gasteiger partial charge in [0.25, 0.3) is 0 Å². The van der Waals surface area contributed by atoms with Crippen LogP contribution in [0.4, 0.5) is 8.78 Å². The summed E-state index contributed by atoms with van der Waals surface area (Å²) in [4.78, 5) is 11.1. The molecule has 1 heterocycles. The number of nitrogens with zero attached hydrogens (tertiary/aromatic N) is 3. The summed E-state index contributed by atoms with van der Waals surface area (Å²) in [5, 5.41) is 16.6. The molecule has 0 aliphatic heterocycles. The molecule has 1 N–H and O–H groups in total. The van der Waals surface area contributed by atoms with E-state index >= 15 is 0 Å². The highest BCUT2D eigenvalue weighted by Crippen LogP contribution is 2.20. The summed E-state index contributed by atoms with van der Waals surface area (Å²) in [7, 11) is 0. The molecule has 3 rings (SSSR count). The SMILES string of the molecule is O=C(O)c1cccc2c1nnn2-c1ccc(F)c(F)c1. The van der Waals surface area contributed by atoms with Gasteiger partial charge in [-0.3, -0.25) is 0 Å². The number of hydrogen-bond acceptors (Lipinski definition) is 3. The topological polar surface area (TPSA) is 68.0 Å². The van der Waals surface area contributed by atoms with Crippen LogP contribution in [0, 0.1) is 11.6 Å². The maximum absolute atomic E-state index is 13.2. The van der Waals surface area contributed by atoms with Gasteiger partial charge in [-0.15, -0.1) is 5.10 Å². The summed E-state index contributed by atoms with van der Waals surface area (Å²) in [5.41, 5.74) is 0.839. The molecule has 7 heteroatoms. The summed E-state index contributed by atoms with van der Waals surface area (Å²) < 4.78 is 27.4. The zero-order valence-electron chi connectivity index (χ0n) is 9.92. The van der Waals surface area contributed by atoms with Gasteiger partial charge in [0.1, 0.15) is 5.52 Å². The molecule has 0 atom stereocenters. The summed E-state index contributed by atoms with van der Waals surface area (Å²) >= 11 is 0. The van der Waals surface area contributed by atoms with E-state index in [4.69, 9.17) is 5.11 Å². The van der Waals surface area contributed by atoms with Gasteiger partial charge in [-0.1, -0.05) is 11.3 Å². The summed E-state index contributed by atoms with van der Waals surface area (Å²) in [6.07, 6.45) is 0. The van der Waals surface area contributed by atoms with Crippen molar-refractivity contribution in [2.75, 3.05) is 0 Å². The van der Waals surface area contributed by atoms with E-state index in [1.54, 1.807) is 6.07 Å². The van der Waals surface area contributed by atoms with Gasteiger partial charge in [0.15, 0.2) is 11.6 Å². The molecule has 100 valence electrons. The third kappa shape index (κ3) is 1.80. The summed E-state index contributed by atoms with van der Waals surface area (Å²) in [5.74, 6) is -3.11. The van der Waals surface area contributed by atoms with Crippen LogP contribution in [0.25, 0.3) is 16.7 Å². The van der Waals surface area contributed by atoms with Crippen molar-refractivity contribution in [3.05, 3.63) is 53.6 Å². The number of fused-ring (bicyclic) bond motifs is 1. The van der Waals surface area contributed by atoms with E-state index in [-0.39, 0.29) is 16.8 Å². The fraction of sp³-hybridized carbons (Fsp3) is 0. The quantitative estimate of drug-likeness (QED) is 0.779. The van der Waals surface area contributed by atoms with Crippen LogP contribution in [-0.2, 0) is 0 Å². The number of carbonyl (C=O) groups is 1. The minimum Gasteiger partial charge on any atom is -0.478 e. The Bertz CT molecular complexity index is 830. The van der Waals surface area contributed by atoms with Gasteiger partial charge in [-0.2, -0.15) is 0 Å². The second-order valence-electron chi connectivity index (χ2n) is 4.08. The molecule has 0 saturated carbocycles. The van der Waals surface area contributed by atoms with Crippen LogP contribution in [-0.4, -0.2) is 26.1 Å². The normalized spacial score (nSPS) is 10.9. The Labute approximate surface area is 111 Å². The highest BCUT2D eigenvalue weighted by atomic mass is 19.2. The van der Waals surface area contributed by atoms with Crippen LogP contribution in [0.15, 0.2) is 36.4 Å². The zero-order chi connectivity index (χ0) is 14.3. The average Bonchev–Trinajstić information content (AvgIpc) is 2.85. The summed E-state index contributed by atoms with van der Waals surface area (Å²) in [6, 6.07) is 7.81. The minimum atomic E-state index is -1.13. The monoisotopic (exact) mass is 275 g/mol. The molecule has 0 radical (unpaired) electrons. The number of carboxylic acid groups (broad SMARTS) is 1. The lowest BCUT2D eigenvalue weighted by Gasteiger charge is -2.03. The fourth-order valence-corrected chi connectivity index (χ4v) is 1.93. The Kier molecular flexibility index (Phi) is 2.67. The molecule has 0 amide bonds. The van der Waals surface area contributed by atoms with Crippen LogP contribution in [0.3, 0.4) is 0 Å². The van der Waals surface area contributed by atoms with Crippen molar-refractivity contribution in [3.63, 3.8) is 0 Å². The first-order valence-corrected chi connectivity index (χ1v) is 5.61. The molecule has 0 spiro atoms. The standard InChI is InChI=1S/C13H7F2N3O2/c14-9-5-4-7(6-10(9)15)18-11-3-1-2-8(13(19)20)12(11)16-17-18/h1-6H,(H,19,20). The second kappa shape index (κ2) is 4.37. The van der Waals surface area contributed by atoms with Crippen LogP contribution < -0.4 is 0 Å². The Morgan fingerprint density at radius 3 is 2.65 bits per heavy atom. The Hall–Kier alpha value is -2.83. The first kappa shape index (κ1) is 12.2. The van der Waals surface area contributed by atoms with Crippen LogP contribution >= 0.6 is 0 Å². The fourth-order valence-electron chi connectivity index (χ4n) is 1.93. The maximum Gasteiger partial charge on any atom is 0.338 e. The van der Waals surface area contributed by atoms with Crippen molar-refractivity contribution >= 4 is 17.0 Å². The van der Waals surface area contributed by atoms with E-state index in [9.17, 15) is 13.6 Å². The number of rotatable bonds is 2. The Morgan fingerprint density at radius 1 is 1.15 bits per heavy atom. The van der Waals surface area contributed by atoms with Gasteiger partial charge < -0.3 is 5.11 Å². The molecular weight excluding hydrogens is 268 g/mol. The molecule has 3 aromatic rings. The van der Waals surface area contributed by atoms with Gasteiger partial charge in [0, 0.05) is 6.07 Å². The molecule has 0 saturated heterocycles. The molecule has 0 unspecified atom stereocenters. The second-order valence-corrected chi connectivity index (χ2v) is 4.08. The summed E-state index contributed by atoms with van der Waals surface area (Å²) in [6.45, 7) is 0. The van der Waals surface area contributed by atoms with E-state index in [2.05, 4.69) is 10.3 Å². The molecule has 5 nitrogen and oxygen atoms in total. The molecule has 0 aliphatic carbocycles. The Balaban J connectivity index is 2.25. The van der Waals surface area contributed by atoms with E-state index in [1.165, 1.54) is 22.9 Å². The smallest absolute Gasteiger partial charge is 0.338 e. The van der Waals surface area contributed by atoms with Gasteiger partial charge in [-0.05, 0) is 24.3 Å². The van der Waals surface area contributed by atoms with Crippen molar-refractivity contribution in [1.29, 1.82) is 0 Å². The van der Waals surface area contributed by atoms with E-state index in [0.717, 1.165) is 12.1 Å².